The van der Waals surface area contributed by atoms with Crippen LogP contribution in [0.2, 0.25) is 0 Å². The normalized spacial score (nSPS) is 11.0. The Bertz CT molecular complexity index is 999. The Hall–Kier alpha value is -4.00. The molecule has 0 fully saturated rings. The smallest absolute Gasteiger partial charge is 0.365 e. The number of amidine groups is 1. The molecule has 0 radical (unpaired) electrons. The molecule has 3 aromatic carbocycles. The molecule has 0 aliphatic rings. The van der Waals surface area contributed by atoms with E-state index in [9.17, 15) is 14.9 Å². The molecule has 7 nitrogen and oxygen atoms in total. The van der Waals surface area contributed by atoms with Crippen molar-refractivity contribution in [1.82, 2.24) is 0 Å². The number of carbonyl (C=O) groups is 1. The zero-order chi connectivity index (χ0) is 19.2. The average molecular weight is 361 g/mol. The summed E-state index contributed by atoms with van der Waals surface area (Å²) in [5, 5.41) is 14.4. The summed E-state index contributed by atoms with van der Waals surface area (Å²) in [5.74, 6) is -0.809. The van der Waals surface area contributed by atoms with Gasteiger partial charge in [-0.15, -0.1) is 0 Å². The van der Waals surface area contributed by atoms with Crippen LogP contribution in [0.1, 0.15) is 15.9 Å². The number of hydrogen-bond acceptors (Lipinski definition) is 5. The highest BCUT2D eigenvalue weighted by molar-refractivity contribution is 5.98. The molecule has 0 unspecified atom stereocenters. The van der Waals surface area contributed by atoms with E-state index in [2.05, 4.69) is 5.16 Å². The number of hydrogen-bond donors (Lipinski definition) is 1. The molecule has 2 N–H and O–H groups in total. The van der Waals surface area contributed by atoms with Crippen LogP contribution < -0.4 is 5.73 Å². The van der Waals surface area contributed by atoms with Gasteiger partial charge in [-0.3, -0.25) is 10.1 Å². The molecule has 0 spiro atoms. The van der Waals surface area contributed by atoms with Gasteiger partial charge in [-0.2, -0.15) is 0 Å². The van der Waals surface area contributed by atoms with Crippen LogP contribution in [0, 0.1) is 10.1 Å². The average Bonchev–Trinajstić information content (AvgIpc) is 2.72. The van der Waals surface area contributed by atoms with E-state index in [0.717, 1.165) is 11.1 Å². The summed E-state index contributed by atoms with van der Waals surface area (Å²) < 4.78 is 0. The standard InChI is InChI=1S/C20H15N3O4/c21-19(17-7-4-8-18(13-17)23(25)26)22-27-20(24)16-11-9-15(10-12-16)14-5-2-1-3-6-14/h1-13H,(H2,21,22). The van der Waals surface area contributed by atoms with Gasteiger partial charge in [-0.05, 0) is 23.3 Å². The Balaban J connectivity index is 1.71. The van der Waals surface area contributed by atoms with Crippen LogP contribution in [0.15, 0.2) is 84.0 Å². The molecule has 0 bridgehead atoms. The fraction of sp³-hybridized carbons (Fsp3) is 0. The van der Waals surface area contributed by atoms with Crippen molar-refractivity contribution in [3.05, 3.63) is 100 Å². The summed E-state index contributed by atoms with van der Waals surface area (Å²) in [7, 11) is 0. The van der Waals surface area contributed by atoms with E-state index in [1.807, 2.05) is 30.3 Å². The Labute approximate surface area is 154 Å². The van der Waals surface area contributed by atoms with Gasteiger partial charge < -0.3 is 10.6 Å². The van der Waals surface area contributed by atoms with E-state index < -0.39 is 10.9 Å². The molecule has 0 atom stereocenters. The molecule has 0 heterocycles. The minimum atomic E-state index is -0.678. The lowest BCUT2D eigenvalue weighted by molar-refractivity contribution is -0.384. The van der Waals surface area contributed by atoms with Crippen molar-refractivity contribution in [2.75, 3.05) is 0 Å². The number of nitrogens with zero attached hydrogens (tertiary/aromatic N) is 2. The first kappa shape index (κ1) is 17.8. The van der Waals surface area contributed by atoms with Gasteiger partial charge in [-0.1, -0.05) is 59.8 Å². The second kappa shape index (κ2) is 7.92. The number of rotatable bonds is 5. The summed E-state index contributed by atoms with van der Waals surface area (Å²) in [4.78, 5) is 27.2. The molecule has 0 amide bonds. The van der Waals surface area contributed by atoms with Crippen molar-refractivity contribution < 1.29 is 14.6 Å². The third kappa shape index (κ3) is 4.35. The van der Waals surface area contributed by atoms with Gasteiger partial charge in [0, 0.05) is 17.7 Å². The quantitative estimate of drug-likeness (QED) is 0.245. The third-order valence-electron chi connectivity index (χ3n) is 3.81. The maximum Gasteiger partial charge on any atom is 0.365 e. The topological polar surface area (TPSA) is 108 Å². The zero-order valence-electron chi connectivity index (χ0n) is 14.1. The lowest BCUT2D eigenvalue weighted by Crippen LogP contribution is -2.15. The minimum absolute atomic E-state index is 0.131. The van der Waals surface area contributed by atoms with E-state index in [-0.39, 0.29) is 17.1 Å². The van der Waals surface area contributed by atoms with E-state index in [4.69, 9.17) is 10.6 Å². The van der Waals surface area contributed by atoms with Gasteiger partial charge in [0.2, 0.25) is 0 Å². The summed E-state index contributed by atoms with van der Waals surface area (Å²) >= 11 is 0. The minimum Gasteiger partial charge on any atom is -0.380 e. The van der Waals surface area contributed by atoms with Crippen LogP contribution in [0.25, 0.3) is 11.1 Å². The van der Waals surface area contributed by atoms with E-state index in [1.54, 1.807) is 24.3 Å². The lowest BCUT2D eigenvalue weighted by atomic mass is 10.0. The van der Waals surface area contributed by atoms with E-state index in [1.165, 1.54) is 24.3 Å². The second-order valence-corrected chi connectivity index (χ2v) is 5.61. The van der Waals surface area contributed by atoms with Crippen LogP contribution >= 0.6 is 0 Å². The van der Waals surface area contributed by atoms with Crippen molar-refractivity contribution in [2.45, 2.75) is 0 Å². The first-order valence-electron chi connectivity index (χ1n) is 8.00. The molecule has 7 heteroatoms. The molecule has 134 valence electrons. The van der Waals surface area contributed by atoms with Crippen molar-refractivity contribution >= 4 is 17.5 Å². The zero-order valence-corrected chi connectivity index (χ0v) is 14.1. The fourth-order valence-electron chi connectivity index (χ4n) is 2.40. The summed E-state index contributed by atoms with van der Waals surface area (Å²) in [6.45, 7) is 0. The molecule has 0 saturated carbocycles. The van der Waals surface area contributed by atoms with Gasteiger partial charge in [-0.25, -0.2) is 4.79 Å². The molecule has 0 aliphatic heterocycles. The number of benzene rings is 3. The van der Waals surface area contributed by atoms with Crippen LogP contribution in [-0.2, 0) is 4.84 Å². The van der Waals surface area contributed by atoms with Crippen LogP contribution in [0.3, 0.4) is 0 Å². The third-order valence-corrected chi connectivity index (χ3v) is 3.81. The largest absolute Gasteiger partial charge is 0.380 e. The number of nitrogens with two attached hydrogens (primary N) is 1. The van der Waals surface area contributed by atoms with E-state index >= 15 is 0 Å². The lowest BCUT2D eigenvalue weighted by Gasteiger charge is -2.04. The highest BCUT2D eigenvalue weighted by Crippen LogP contribution is 2.19. The fourth-order valence-corrected chi connectivity index (χ4v) is 2.40. The molecular weight excluding hydrogens is 346 g/mol. The first-order valence-corrected chi connectivity index (χ1v) is 8.00. The summed E-state index contributed by atoms with van der Waals surface area (Å²) in [6.07, 6.45) is 0. The first-order chi connectivity index (χ1) is 13.0. The summed E-state index contributed by atoms with van der Waals surface area (Å²) in [6, 6.07) is 22.2. The van der Waals surface area contributed by atoms with Gasteiger partial charge in [0.15, 0.2) is 5.84 Å². The van der Waals surface area contributed by atoms with Gasteiger partial charge in [0.25, 0.3) is 5.69 Å². The number of non-ortho nitro benzene ring substituents is 1. The highest BCUT2D eigenvalue weighted by Gasteiger charge is 2.11. The molecule has 3 rings (SSSR count). The Kier molecular flexibility index (Phi) is 5.22. The van der Waals surface area contributed by atoms with Crippen molar-refractivity contribution in [2.24, 2.45) is 10.9 Å². The van der Waals surface area contributed by atoms with Gasteiger partial charge in [0.05, 0.1) is 10.5 Å². The predicted octanol–water partition coefficient (Wildman–Crippen LogP) is 3.74. The number of carbonyl (C=O) groups excluding carboxylic acids is 1. The molecule has 3 aromatic rings. The van der Waals surface area contributed by atoms with Crippen molar-refractivity contribution in [1.29, 1.82) is 0 Å². The maximum absolute atomic E-state index is 12.1. The van der Waals surface area contributed by atoms with Gasteiger partial charge in [0.1, 0.15) is 0 Å². The molecule has 0 aliphatic carbocycles. The van der Waals surface area contributed by atoms with Crippen molar-refractivity contribution in [3.8, 4) is 11.1 Å². The molecular formula is C20H15N3O4. The van der Waals surface area contributed by atoms with Crippen molar-refractivity contribution in [3.63, 3.8) is 0 Å². The number of nitro benzene ring substituents is 1. The Morgan fingerprint density at radius 3 is 2.22 bits per heavy atom. The molecule has 27 heavy (non-hydrogen) atoms. The van der Waals surface area contributed by atoms with Crippen LogP contribution in [-0.4, -0.2) is 16.7 Å². The van der Waals surface area contributed by atoms with Crippen LogP contribution in [0.4, 0.5) is 5.69 Å². The van der Waals surface area contributed by atoms with Gasteiger partial charge >= 0.3 is 5.97 Å². The molecule has 0 aromatic heterocycles. The highest BCUT2D eigenvalue weighted by atomic mass is 16.7. The maximum atomic E-state index is 12.1. The molecule has 0 saturated heterocycles. The summed E-state index contributed by atoms with van der Waals surface area (Å²) in [5.41, 5.74) is 8.21. The monoisotopic (exact) mass is 361 g/mol. The number of oxime groups is 1. The number of nitro groups is 1. The Morgan fingerprint density at radius 2 is 1.56 bits per heavy atom. The van der Waals surface area contributed by atoms with Crippen LogP contribution in [0.5, 0.6) is 0 Å². The SMILES string of the molecule is N/C(=N\OC(=O)c1ccc(-c2ccccc2)cc1)c1cccc([N+](=O)[O-])c1. The van der Waals surface area contributed by atoms with E-state index in [0.29, 0.717) is 5.56 Å². The Morgan fingerprint density at radius 1 is 0.889 bits per heavy atom. The predicted molar refractivity (Wildman–Crippen MR) is 101 cm³/mol. The second-order valence-electron chi connectivity index (χ2n) is 5.61.